The van der Waals surface area contributed by atoms with Crippen molar-refractivity contribution >= 4 is 29.5 Å². The van der Waals surface area contributed by atoms with Crippen LogP contribution in [0.3, 0.4) is 0 Å². The molecule has 0 saturated carbocycles. The van der Waals surface area contributed by atoms with Crippen LogP contribution in [0.5, 0.6) is 0 Å². The van der Waals surface area contributed by atoms with E-state index in [0.717, 1.165) is 31.6 Å². The lowest BCUT2D eigenvalue weighted by Gasteiger charge is -2.21. The molecule has 0 atom stereocenters. The van der Waals surface area contributed by atoms with Crippen LogP contribution in [0, 0.1) is 12.7 Å². The van der Waals surface area contributed by atoms with E-state index in [-0.39, 0.29) is 10.6 Å². The Morgan fingerprint density at radius 1 is 1.45 bits per heavy atom. The molecule has 1 fully saturated rings. The first-order valence-corrected chi connectivity index (χ1v) is 7.58. The second-order valence-electron chi connectivity index (χ2n) is 4.59. The molecule has 7 heteroatoms. The van der Waals surface area contributed by atoms with Crippen LogP contribution in [0.2, 0.25) is 5.02 Å². The summed E-state index contributed by atoms with van der Waals surface area (Å²) in [4.78, 5) is 14.7. The second-order valence-corrected chi connectivity index (χ2v) is 6.11. The maximum absolute atomic E-state index is 13.8. The van der Waals surface area contributed by atoms with Gasteiger partial charge in [0.1, 0.15) is 0 Å². The van der Waals surface area contributed by atoms with E-state index in [0.29, 0.717) is 5.25 Å². The lowest BCUT2D eigenvalue weighted by atomic mass is 10.1. The fraction of sp³-hybridized carbons (Fsp3) is 0.462. The number of ether oxygens (including phenoxy) is 1. The minimum Gasteiger partial charge on any atom is -0.381 e. The summed E-state index contributed by atoms with van der Waals surface area (Å²) in [5, 5.41) is 0.335. The zero-order chi connectivity index (χ0) is 14.5. The van der Waals surface area contributed by atoms with E-state index in [1.165, 1.54) is 24.1 Å². The number of hydrogen-bond acceptors (Lipinski definition) is 4. The number of benzene rings is 1. The zero-order valence-electron chi connectivity index (χ0n) is 11.0. The molecule has 4 nitrogen and oxygen atoms in total. The van der Waals surface area contributed by atoms with Crippen molar-refractivity contribution in [2.24, 2.45) is 0 Å². The number of hydrogen-bond donors (Lipinski definition) is 2. The predicted octanol–water partition coefficient (Wildman–Crippen LogP) is 2.85. The zero-order valence-corrected chi connectivity index (χ0v) is 12.6. The molecule has 2 N–H and O–H groups in total. The van der Waals surface area contributed by atoms with Crippen molar-refractivity contribution in [3.8, 4) is 0 Å². The summed E-state index contributed by atoms with van der Waals surface area (Å²) < 4.78 is 19.0. The van der Waals surface area contributed by atoms with Crippen LogP contribution in [0.4, 0.5) is 4.39 Å². The number of halogens is 2. The normalized spacial score (nSPS) is 16.1. The molecule has 1 saturated heterocycles. The van der Waals surface area contributed by atoms with Gasteiger partial charge >= 0.3 is 0 Å². The molecule has 110 valence electrons. The minimum atomic E-state index is -0.701. The van der Waals surface area contributed by atoms with Crippen LogP contribution in [0.25, 0.3) is 0 Å². The molecule has 0 spiro atoms. The summed E-state index contributed by atoms with van der Waals surface area (Å²) >= 11 is 7.14. The fourth-order valence-electron chi connectivity index (χ4n) is 1.91. The molecule has 0 radical (unpaired) electrons. The quantitative estimate of drug-likeness (QED) is 0.662. The average molecular weight is 319 g/mol. The largest absolute Gasteiger partial charge is 0.381 e. The van der Waals surface area contributed by atoms with Crippen LogP contribution in [-0.4, -0.2) is 24.4 Å². The van der Waals surface area contributed by atoms with Gasteiger partial charge in [0.15, 0.2) is 5.82 Å². The summed E-state index contributed by atoms with van der Waals surface area (Å²) in [7, 11) is 0. The molecule has 0 bridgehead atoms. The molecule has 1 aliphatic heterocycles. The number of nitrogens with one attached hydrogen (secondary N) is 2. The molecule has 0 aliphatic carbocycles. The molecule has 1 heterocycles. The van der Waals surface area contributed by atoms with E-state index in [2.05, 4.69) is 10.3 Å². The van der Waals surface area contributed by atoms with Crippen LogP contribution in [-0.2, 0) is 4.74 Å². The van der Waals surface area contributed by atoms with Gasteiger partial charge in [-0.05, 0) is 37.5 Å². The van der Waals surface area contributed by atoms with Gasteiger partial charge in [-0.3, -0.25) is 10.2 Å². The lowest BCUT2D eigenvalue weighted by Crippen LogP contribution is -2.35. The number of carbonyl (C=O) groups excluding carboxylic acids is 1. The Morgan fingerprint density at radius 2 is 2.15 bits per heavy atom. The van der Waals surface area contributed by atoms with Crippen LogP contribution in [0.1, 0.15) is 28.8 Å². The summed E-state index contributed by atoms with van der Waals surface area (Å²) in [6.07, 6.45) is 1.86. The van der Waals surface area contributed by atoms with E-state index in [4.69, 9.17) is 16.3 Å². The standard InChI is InChI=1S/C13H16ClFN2O2S/c1-8-6-10(12(15)11(14)7-8)13(18)16-17-20-9-2-4-19-5-3-9/h6-7,9,17H,2-5H2,1H3,(H,16,18). The number of rotatable bonds is 4. The Bertz CT molecular complexity index is 496. The van der Waals surface area contributed by atoms with Gasteiger partial charge in [0.25, 0.3) is 5.91 Å². The molecule has 20 heavy (non-hydrogen) atoms. The third kappa shape index (κ3) is 4.09. The van der Waals surface area contributed by atoms with Gasteiger partial charge < -0.3 is 4.74 Å². The van der Waals surface area contributed by atoms with Crippen molar-refractivity contribution in [2.45, 2.75) is 25.0 Å². The van der Waals surface area contributed by atoms with E-state index < -0.39 is 11.7 Å². The van der Waals surface area contributed by atoms with Gasteiger partial charge in [0.05, 0.1) is 10.6 Å². The number of carbonyl (C=O) groups is 1. The summed E-state index contributed by atoms with van der Waals surface area (Å²) in [6.45, 7) is 3.22. The van der Waals surface area contributed by atoms with Crippen molar-refractivity contribution < 1.29 is 13.9 Å². The Morgan fingerprint density at radius 3 is 2.85 bits per heavy atom. The first-order chi connectivity index (χ1) is 9.58. The molecule has 1 amide bonds. The van der Waals surface area contributed by atoms with E-state index in [1.807, 2.05) is 0 Å². The summed E-state index contributed by atoms with van der Waals surface area (Å²) in [6, 6.07) is 2.95. The minimum absolute atomic E-state index is 0.0489. The molecule has 1 aromatic carbocycles. The Balaban J connectivity index is 1.88. The molecule has 1 aromatic rings. The SMILES string of the molecule is Cc1cc(Cl)c(F)c(C(=O)NNSC2CCOCC2)c1. The predicted molar refractivity (Wildman–Crippen MR) is 78.2 cm³/mol. The average Bonchev–Trinajstić information content (AvgIpc) is 2.44. The highest BCUT2D eigenvalue weighted by atomic mass is 35.5. The van der Waals surface area contributed by atoms with Crippen molar-refractivity contribution in [3.05, 3.63) is 34.1 Å². The van der Waals surface area contributed by atoms with Crippen molar-refractivity contribution in [2.75, 3.05) is 13.2 Å². The monoisotopic (exact) mass is 318 g/mol. The van der Waals surface area contributed by atoms with Gasteiger partial charge in [0, 0.05) is 18.5 Å². The molecule has 0 unspecified atom stereocenters. The van der Waals surface area contributed by atoms with Crippen LogP contribution < -0.4 is 10.3 Å². The molecule has 2 rings (SSSR count). The van der Waals surface area contributed by atoms with Gasteiger partial charge in [-0.25, -0.2) is 4.39 Å². The van der Waals surface area contributed by atoms with Gasteiger partial charge in [-0.2, -0.15) is 4.83 Å². The smallest absolute Gasteiger partial charge is 0.269 e. The highest BCUT2D eigenvalue weighted by molar-refractivity contribution is 7.98. The van der Waals surface area contributed by atoms with Gasteiger partial charge in [0.2, 0.25) is 0 Å². The van der Waals surface area contributed by atoms with E-state index in [9.17, 15) is 9.18 Å². The van der Waals surface area contributed by atoms with E-state index >= 15 is 0 Å². The molecular weight excluding hydrogens is 303 g/mol. The van der Waals surface area contributed by atoms with Crippen molar-refractivity contribution in [1.29, 1.82) is 0 Å². The Kier molecular flexibility index (Phi) is 5.65. The maximum atomic E-state index is 13.8. The number of amides is 1. The second kappa shape index (κ2) is 7.26. The van der Waals surface area contributed by atoms with Crippen LogP contribution in [0.15, 0.2) is 12.1 Å². The highest BCUT2D eigenvalue weighted by Crippen LogP contribution is 2.21. The molecule has 0 aromatic heterocycles. The molecular formula is C13H16ClFN2O2S. The third-order valence-corrected chi connectivity index (χ3v) is 4.28. The first kappa shape index (κ1) is 15.6. The maximum Gasteiger partial charge on any atom is 0.269 e. The third-order valence-electron chi connectivity index (χ3n) is 2.98. The lowest BCUT2D eigenvalue weighted by molar-refractivity contribution is 0.0940. The van der Waals surface area contributed by atoms with Crippen molar-refractivity contribution in [3.63, 3.8) is 0 Å². The summed E-state index contributed by atoms with van der Waals surface area (Å²) in [5.74, 6) is -1.24. The van der Waals surface area contributed by atoms with E-state index in [1.54, 1.807) is 6.92 Å². The highest BCUT2D eigenvalue weighted by Gasteiger charge is 2.17. The Labute approximate surface area is 126 Å². The number of hydrazine groups is 1. The van der Waals surface area contributed by atoms with Gasteiger partial charge in [-0.1, -0.05) is 23.5 Å². The number of aryl methyl sites for hydroxylation is 1. The topological polar surface area (TPSA) is 50.4 Å². The Hall–Kier alpha value is -0.820. The molecule has 1 aliphatic rings. The van der Waals surface area contributed by atoms with Crippen molar-refractivity contribution in [1.82, 2.24) is 10.3 Å². The van der Waals surface area contributed by atoms with Gasteiger partial charge in [-0.15, -0.1) is 0 Å². The fourth-order valence-corrected chi connectivity index (χ4v) is 2.93. The van der Waals surface area contributed by atoms with Crippen LogP contribution >= 0.6 is 23.5 Å². The summed E-state index contributed by atoms with van der Waals surface area (Å²) in [5.41, 5.74) is 3.15. The first-order valence-electron chi connectivity index (χ1n) is 6.32.